The average Bonchev–Trinajstić information content (AvgIpc) is 3.14. The first kappa shape index (κ1) is 14.8. The van der Waals surface area contributed by atoms with E-state index in [1.807, 2.05) is 0 Å². The highest BCUT2D eigenvalue weighted by atomic mass is 16.4. The number of amides is 2. The summed E-state index contributed by atoms with van der Waals surface area (Å²) in [6.45, 7) is 3.13. The first-order chi connectivity index (χ1) is 9.39. The summed E-state index contributed by atoms with van der Waals surface area (Å²) >= 11 is 0. The molecule has 1 atom stereocenters. The molecule has 0 bridgehead atoms. The van der Waals surface area contributed by atoms with Gasteiger partial charge in [-0.05, 0) is 19.9 Å². The maximum atomic E-state index is 12.3. The van der Waals surface area contributed by atoms with Crippen LogP contribution in [0, 0.1) is 0 Å². The van der Waals surface area contributed by atoms with Gasteiger partial charge in [0.2, 0.25) is 11.8 Å². The fourth-order valence-electron chi connectivity index (χ4n) is 2.81. The minimum atomic E-state index is -1.02. The van der Waals surface area contributed by atoms with E-state index in [0.717, 1.165) is 12.8 Å². The second-order valence-corrected chi connectivity index (χ2v) is 5.59. The standard InChI is InChI=1S/C13H21N3O4/c1-9(17)15-5-6-16(13(8-15)3-4-13)11(18)7-10(14-2)12(19)20/h10,14H,3-8H2,1-2H3,(H,19,20). The second kappa shape index (κ2) is 5.40. The number of nitrogens with zero attached hydrogens (tertiary/aromatic N) is 2. The van der Waals surface area contributed by atoms with E-state index in [4.69, 9.17) is 5.11 Å². The van der Waals surface area contributed by atoms with Crippen LogP contribution in [0.15, 0.2) is 0 Å². The maximum absolute atomic E-state index is 12.3. The van der Waals surface area contributed by atoms with Gasteiger partial charge in [0, 0.05) is 26.6 Å². The van der Waals surface area contributed by atoms with Crippen molar-refractivity contribution in [1.82, 2.24) is 15.1 Å². The van der Waals surface area contributed by atoms with Crippen LogP contribution in [0.4, 0.5) is 0 Å². The van der Waals surface area contributed by atoms with Crippen molar-refractivity contribution in [3.8, 4) is 0 Å². The molecule has 0 aromatic carbocycles. The van der Waals surface area contributed by atoms with Crippen LogP contribution in [0.3, 0.4) is 0 Å². The van der Waals surface area contributed by atoms with Crippen LogP contribution in [-0.4, -0.2) is 71.0 Å². The Bertz CT molecular complexity index is 433. The molecular weight excluding hydrogens is 262 g/mol. The van der Waals surface area contributed by atoms with E-state index in [9.17, 15) is 14.4 Å². The minimum Gasteiger partial charge on any atom is -0.480 e. The maximum Gasteiger partial charge on any atom is 0.321 e. The second-order valence-electron chi connectivity index (χ2n) is 5.59. The summed E-state index contributed by atoms with van der Waals surface area (Å²) in [6, 6.07) is -0.857. The van der Waals surface area contributed by atoms with Crippen molar-refractivity contribution in [1.29, 1.82) is 0 Å². The van der Waals surface area contributed by atoms with Gasteiger partial charge < -0.3 is 20.2 Å². The molecule has 2 N–H and O–H groups in total. The summed E-state index contributed by atoms with van der Waals surface area (Å²) in [4.78, 5) is 38.3. The molecule has 1 unspecified atom stereocenters. The van der Waals surface area contributed by atoms with Crippen LogP contribution in [0.5, 0.6) is 0 Å². The normalized spacial score (nSPS) is 21.7. The highest BCUT2D eigenvalue weighted by Crippen LogP contribution is 2.44. The molecule has 1 aliphatic carbocycles. The molecule has 0 aromatic heterocycles. The number of rotatable bonds is 4. The monoisotopic (exact) mass is 283 g/mol. The van der Waals surface area contributed by atoms with Crippen LogP contribution < -0.4 is 5.32 Å². The lowest BCUT2D eigenvalue weighted by Gasteiger charge is -2.42. The van der Waals surface area contributed by atoms with E-state index in [0.29, 0.717) is 19.6 Å². The van der Waals surface area contributed by atoms with Crippen LogP contribution in [0.2, 0.25) is 0 Å². The highest BCUT2D eigenvalue weighted by Gasteiger charge is 2.53. The van der Waals surface area contributed by atoms with Gasteiger partial charge in [0.05, 0.1) is 12.0 Å². The van der Waals surface area contributed by atoms with E-state index >= 15 is 0 Å². The lowest BCUT2D eigenvalue weighted by molar-refractivity contribution is -0.147. The lowest BCUT2D eigenvalue weighted by atomic mass is 10.1. The molecule has 1 saturated carbocycles. The molecule has 2 rings (SSSR count). The van der Waals surface area contributed by atoms with Gasteiger partial charge in [-0.15, -0.1) is 0 Å². The quantitative estimate of drug-likeness (QED) is 0.710. The van der Waals surface area contributed by atoms with Gasteiger partial charge in [0.25, 0.3) is 0 Å². The number of hydrogen-bond donors (Lipinski definition) is 2. The van der Waals surface area contributed by atoms with Crippen LogP contribution in [0.25, 0.3) is 0 Å². The highest BCUT2D eigenvalue weighted by molar-refractivity contribution is 5.85. The van der Waals surface area contributed by atoms with Gasteiger partial charge in [0.15, 0.2) is 0 Å². The number of hydrogen-bond acceptors (Lipinski definition) is 4. The smallest absolute Gasteiger partial charge is 0.321 e. The Hall–Kier alpha value is -1.63. The third-order valence-electron chi connectivity index (χ3n) is 4.25. The van der Waals surface area contributed by atoms with Crippen LogP contribution in [0.1, 0.15) is 26.2 Å². The van der Waals surface area contributed by atoms with E-state index < -0.39 is 12.0 Å². The molecule has 1 heterocycles. The first-order valence-electron chi connectivity index (χ1n) is 6.86. The van der Waals surface area contributed by atoms with Gasteiger partial charge in [-0.3, -0.25) is 14.4 Å². The van der Waals surface area contributed by atoms with E-state index in [-0.39, 0.29) is 23.8 Å². The molecular formula is C13H21N3O4. The number of aliphatic carboxylic acids is 1. The summed E-state index contributed by atoms with van der Waals surface area (Å²) in [5, 5.41) is 11.6. The SMILES string of the molecule is CNC(CC(=O)N1CCN(C(C)=O)CC12CC2)C(=O)O. The van der Waals surface area contributed by atoms with Gasteiger partial charge in [-0.25, -0.2) is 0 Å². The predicted octanol–water partition coefficient (Wildman–Crippen LogP) is -0.728. The summed E-state index contributed by atoms with van der Waals surface area (Å²) in [6.07, 6.45) is 1.73. The molecule has 2 fully saturated rings. The van der Waals surface area contributed by atoms with Crippen molar-refractivity contribution < 1.29 is 19.5 Å². The molecule has 0 aromatic rings. The van der Waals surface area contributed by atoms with Crippen molar-refractivity contribution in [3.05, 3.63) is 0 Å². The lowest BCUT2D eigenvalue weighted by Crippen LogP contribution is -2.58. The fraction of sp³-hybridized carbons (Fsp3) is 0.769. The van der Waals surface area contributed by atoms with E-state index in [2.05, 4.69) is 5.32 Å². The molecule has 20 heavy (non-hydrogen) atoms. The van der Waals surface area contributed by atoms with Crippen LogP contribution >= 0.6 is 0 Å². The van der Waals surface area contributed by atoms with Crippen molar-refractivity contribution in [2.75, 3.05) is 26.7 Å². The number of piperazine rings is 1. The van der Waals surface area contributed by atoms with Crippen molar-refractivity contribution in [3.63, 3.8) is 0 Å². The summed E-state index contributed by atoms with van der Waals surface area (Å²) in [7, 11) is 1.53. The molecule has 7 heteroatoms. The zero-order valence-corrected chi connectivity index (χ0v) is 11.9. The molecule has 2 aliphatic rings. The Kier molecular flexibility index (Phi) is 3.99. The fourth-order valence-corrected chi connectivity index (χ4v) is 2.81. The number of nitrogens with one attached hydrogen (secondary N) is 1. The summed E-state index contributed by atoms with van der Waals surface area (Å²) in [5.74, 6) is -1.14. The number of likely N-dealkylation sites (N-methyl/N-ethyl adjacent to an activating group) is 1. The number of carboxylic acids is 1. The first-order valence-corrected chi connectivity index (χ1v) is 6.86. The Labute approximate surface area is 117 Å². The van der Waals surface area contributed by atoms with Gasteiger partial charge in [-0.1, -0.05) is 0 Å². The largest absolute Gasteiger partial charge is 0.480 e. The Morgan fingerprint density at radius 1 is 1.30 bits per heavy atom. The number of carbonyl (C=O) groups excluding carboxylic acids is 2. The molecule has 7 nitrogen and oxygen atoms in total. The average molecular weight is 283 g/mol. The topological polar surface area (TPSA) is 90.0 Å². The predicted molar refractivity (Wildman–Crippen MR) is 71.0 cm³/mol. The van der Waals surface area contributed by atoms with E-state index in [1.165, 1.54) is 14.0 Å². The number of carboxylic acid groups (broad SMARTS) is 1. The molecule has 112 valence electrons. The van der Waals surface area contributed by atoms with E-state index in [1.54, 1.807) is 9.80 Å². The Morgan fingerprint density at radius 3 is 2.40 bits per heavy atom. The van der Waals surface area contributed by atoms with Gasteiger partial charge in [0.1, 0.15) is 6.04 Å². The van der Waals surface area contributed by atoms with Crippen LogP contribution in [-0.2, 0) is 14.4 Å². The van der Waals surface area contributed by atoms with Crippen molar-refractivity contribution in [2.24, 2.45) is 0 Å². The Morgan fingerprint density at radius 2 is 1.95 bits per heavy atom. The summed E-state index contributed by atoms with van der Waals surface area (Å²) in [5.41, 5.74) is -0.238. The molecule has 0 radical (unpaired) electrons. The minimum absolute atomic E-state index is 0.0296. The molecule has 1 spiro atoms. The molecule has 1 saturated heterocycles. The zero-order valence-electron chi connectivity index (χ0n) is 11.9. The van der Waals surface area contributed by atoms with Crippen molar-refractivity contribution >= 4 is 17.8 Å². The Balaban J connectivity index is 2.01. The molecule has 1 aliphatic heterocycles. The van der Waals surface area contributed by atoms with Gasteiger partial charge in [-0.2, -0.15) is 0 Å². The zero-order chi connectivity index (χ0) is 14.9. The van der Waals surface area contributed by atoms with Gasteiger partial charge >= 0.3 is 5.97 Å². The number of carbonyl (C=O) groups is 3. The third-order valence-corrected chi connectivity index (χ3v) is 4.25. The summed E-state index contributed by atoms with van der Waals surface area (Å²) < 4.78 is 0. The molecule has 2 amide bonds. The third kappa shape index (κ3) is 2.77. The van der Waals surface area contributed by atoms with Crippen molar-refractivity contribution in [2.45, 2.75) is 37.8 Å².